The Hall–Kier alpha value is -2.80. The molecule has 6 nitrogen and oxygen atoms in total. The van der Waals surface area contributed by atoms with Crippen molar-refractivity contribution in [2.75, 3.05) is 5.32 Å². The number of rotatable bonds is 4. The normalized spacial score (nSPS) is 10.4. The number of benzene rings is 1. The van der Waals surface area contributed by atoms with Crippen LogP contribution in [-0.4, -0.2) is 20.2 Å². The Bertz CT molecular complexity index is 861. The van der Waals surface area contributed by atoms with Gasteiger partial charge in [-0.15, -0.1) is 0 Å². The van der Waals surface area contributed by atoms with Gasteiger partial charge in [0.1, 0.15) is 5.82 Å². The quantitative estimate of drug-likeness (QED) is 0.707. The second-order valence-electron chi connectivity index (χ2n) is 5.30. The van der Waals surface area contributed by atoms with Crippen LogP contribution in [0, 0.1) is 13.8 Å². The molecule has 2 heterocycles. The predicted octanol–water partition coefficient (Wildman–Crippen LogP) is 3.24. The molecule has 2 N–H and O–H groups in total. The van der Waals surface area contributed by atoms with Crippen molar-refractivity contribution < 1.29 is 4.52 Å². The standard InChI is InChI=1S/C17H17N5OS/c1-11-6-3-4-8-13(11)16-21-15(23-22-16)10-18-17(24)20-14-9-5-7-12(2)19-14/h3-9H,10H2,1-2H3,(H2,18,19,20,24). The van der Waals surface area contributed by atoms with Crippen LogP contribution < -0.4 is 10.6 Å². The van der Waals surface area contributed by atoms with Crippen LogP contribution in [0.1, 0.15) is 17.1 Å². The number of hydrogen-bond acceptors (Lipinski definition) is 5. The lowest BCUT2D eigenvalue weighted by Crippen LogP contribution is -2.28. The van der Waals surface area contributed by atoms with Gasteiger partial charge in [-0.05, 0) is 43.8 Å². The Morgan fingerprint density at radius 2 is 1.92 bits per heavy atom. The van der Waals surface area contributed by atoms with E-state index in [-0.39, 0.29) is 0 Å². The number of anilines is 1. The Labute approximate surface area is 145 Å². The minimum atomic E-state index is 0.344. The van der Waals surface area contributed by atoms with Gasteiger partial charge in [0.15, 0.2) is 5.11 Å². The molecule has 122 valence electrons. The Morgan fingerprint density at radius 3 is 2.71 bits per heavy atom. The van der Waals surface area contributed by atoms with E-state index in [1.165, 1.54) is 0 Å². The lowest BCUT2D eigenvalue weighted by atomic mass is 10.1. The molecule has 2 aromatic heterocycles. The van der Waals surface area contributed by atoms with Crippen molar-refractivity contribution >= 4 is 23.1 Å². The molecular weight excluding hydrogens is 322 g/mol. The molecule has 0 bridgehead atoms. The summed E-state index contributed by atoms with van der Waals surface area (Å²) in [5.74, 6) is 1.73. The molecule has 0 unspecified atom stereocenters. The highest BCUT2D eigenvalue weighted by Crippen LogP contribution is 2.19. The van der Waals surface area contributed by atoms with Crippen LogP contribution in [0.2, 0.25) is 0 Å². The zero-order valence-corrected chi connectivity index (χ0v) is 14.2. The molecule has 0 saturated heterocycles. The molecule has 0 aliphatic heterocycles. The van der Waals surface area contributed by atoms with Crippen molar-refractivity contribution in [3.8, 4) is 11.4 Å². The average molecular weight is 339 g/mol. The second kappa shape index (κ2) is 7.18. The molecule has 0 amide bonds. The van der Waals surface area contributed by atoms with E-state index in [1.807, 2.05) is 56.3 Å². The van der Waals surface area contributed by atoms with Crippen molar-refractivity contribution in [3.63, 3.8) is 0 Å². The fraction of sp³-hybridized carbons (Fsp3) is 0.176. The van der Waals surface area contributed by atoms with E-state index < -0.39 is 0 Å². The zero-order valence-electron chi connectivity index (χ0n) is 13.4. The maximum absolute atomic E-state index is 5.27. The minimum Gasteiger partial charge on any atom is -0.353 e. The lowest BCUT2D eigenvalue weighted by Gasteiger charge is -2.08. The van der Waals surface area contributed by atoms with Gasteiger partial charge in [0.2, 0.25) is 11.7 Å². The third kappa shape index (κ3) is 3.94. The molecule has 0 fully saturated rings. The first-order valence-electron chi connectivity index (χ1n) is 7.49. The molecule has 0 radical (unpaired) electrons. The summed E-state index contributed by atoms with van der Waals surface area (Å²) in [6, 6.07) is 13.6. The van der Waals surface area contributed by atoms with Crippen LogP contribution in [0.15, 0.2) is 47.0 Å². The van der Waals surface area contributed by atoms with E-state index in [0.29, 0.717) is 29.2 Å². The van der Waals surface area contributed by atoms with Gasteiger partial charge in [-0.25, -0.2) is 4.98 Å². The van der Waals surface area contributed by atoms with Crippen LogP contribution in [0.25, 0.3) is 11.4 Å². The molecule has 0 atom stereocenters. The van der Waals surface area contributed by atoms with Crippen molar-refractivity contribution in [2.45, 2.75) is 20.4 Å². The fourth-order valence-corrected chi connectivity index (χ4v) is 2.37. The number of nitrogens with zero attached hydrogens (tertiary/aromatic N) is 3. The van der Waals surface area contributed by atoms with Crippen LogP contribution >= 0.6 is 12.2 Å². The number of aryl methyl sites for hydroxylation is 2. The van der Waals surface area contributed by atoms with Gasteiger partial charge in [-0.3, -0.25) is 0 Å². The SMILES string of the molecule is Cc1cccc(NC(=S)NCc2nc(-c3ccccc3C)no2)n1. The second-order valence-corrected chi connectivity index (χ2v) is 5.71. The molecule has 24 heavy (non-hydrogen) atoms. The summed E-state index contributed by atoms with van der Waals surface area (Å²) in [5, 5.41) is 10.5. The van der Waals surface area contributed by atoms with E-state index in [9.17, 15) is 0 Å². The number of aromatic nitrogens is 3. The van der Waals surface area contributed by atoms with Crippen molar-refractivity contribution in [1.29, 1.82) is 0 Å². The van der Waals surface area contributed by atoms with Crippen LogP contribution in [0.5, 0.6) is 0 Å². The lowest BCUT2D eigenvalue weighted by molar-refractivity contribution is 0.376. The number of nitrogens with one attached hydrogen (secondary N) is 2. The predicted molar refractivity (Wildman–Crippen MR) is 96.5 cm³/mol. The largest absolute Gasteiger partial charge is 0.353 e. The summed E-state index contributed by atoms with van der Waals surface area (Å²) in [5.41, 5.74) is 2.97. The van der Waals surface area contributed by atoms with Crippen molar-refractivity contribution in [1.82, 2.24) is 20.4 Å². The van der Waals surface area contributed by atoms with Gasteiger partial charge in [-0.1, -0.05) is 35.5 Å². The summed E-state index contributed by atoms with van der Waals surface area (Å²) < 4.78 is 5.27. The summed E-state index contributed by atoms with van der Waals surface area (Å²) in [6.07, 6.45) is 0. The summed E-state index contributed by atoms with van der Waals surface area (Å²) >= 11 is 5.25. The molecule has 3 rings (SSSR count). The monoisotopic (exact) mass is 339 g/mol. The first kappa shape index (κ1) is 16.1. The van der Waals surface area contributed by atoms with E-state index in [0.717, 1.165) is 16.8 Å². The van der Waals surface area contributed by atoms with Gasteiger partial charge in [-0.2, -0.15) is 4.98 Å². The van der Waals surface area contributed by atoms with Crippen LogP contribution in [0.4, 0.5) is 5.82 Å². The van der Waals surface area contributed by atoms with Gasteiger partial charge in [0.25, 0.3) is 0 Å². The highest BCUT2D eigenvalue weighted by atomic mass is 32.1. The van der Waals surface area contributed by atoms with Gasteiger partial charge in [0, 0.05) is 11.3 Å². The van der Waals surface area contributed by atoms with Gasteiger partial charge < -0.3 is 15.2 Å². The summed E-state index contributed by atoms with van der Waals surface area (Å²) in [4.78, 5) is 8.72. The van der Waals surface area contributed by atoms with Gasteiger partial charge in [0.05, 0.1) is 6.54 Å². The van der Waals surface area contributed by atoms with E-state index in [2.05, 4.69) is 25.8 Å². The average Bonchev–Trinajstić information content (AvgIpc) is 3.02. The molecule has 7 heteroatoms. The molecule has 1 aromatic carbocycles. The Morgan fingerprint density at radius 1 is 1.08 bits per heavy atom. The third-order valence-corrected chi connectivity index (χ3v) is 3.63. The maximum atomic E-state index is 5.27. The maximum Gasteiger partial charge on any atom is 0.246 e. The van der Waals surface area contributed by atoms with Crippen molar-refractivity contribution in [3.05, 3.63) is 59.6 Å². The van der Waals surface area contributed by atoms with Crippen molar-refractivity contribution in [2.24, 2.45) is 0 Å². The van der Waals surface area contributed by atoms with E-state index in [4.69, 9.17) is 16.7 Å². The number of hydrogen-bond donors (Lipinski definition) is 2. The first-order valence-corrected chi connectivity index (χ1v) is 7.90. The molecule has 3 aromatic rings. The fourth-order valence-electron chi connectivity index (χ4n) is 2.19. The first-order chi connectivity index (χ1) is 11.6. The molecule has 0 aliphatic carbocycles. The Kier molecular flexibility index (Phi) is 4.81. The minimum absolute atomic E-state index is 0.344. The third-order valence-electron chi connectivity index (χ3n) is 3.38. The topological polar surface area (TPSA) is 75.9 Å². The highest BCUT2D eigenvalue weighted by molar-refractivity contribution is 7.80. The van der Waals surface area contributed by atoms with Crippen LogP contribution in [-0.2, 0) is 6.54 Å². The number of thiocarbonyl (C=S) groups is 1. The zero-order chi connectivity index (χ0) is 16.9. The van der Waals surface area contributed by atoms with Gasteiger partial charge >= 0.3 is 0 Å². The Balaban J connectivity index is 1.59. The molecular formula is C17H17N5OS. The number of pyridine rings is 1. The molecule has 0 saturated carbocycles. The highest BCUT2D eigenvalue weighted by Gasteiger charge is 2.10. The summed E-state index contributed by atoms with van der Waals surface area (Å²) in [6.45, 7) is 4.28. The van der Waals surface area contributed by atoms with E-state index >= 15 is 0 Å². The van der Waals surface area contributed by atoms with Crippen LogP contribution in [0.3, 0.4) is 0 Å². The van der Waals surface area contributed by atoms with E-state index in [1.54, 1.807) is 0 Å². The summed E-state index contributed by atoms with van der Waals surface area (Å²) in [7, 11) is 0. The molecule has 0 aliphatic rings. The smallest absolute Gasteiger partial charge is 0.246 e. The molecule has 0 spiro atoms.